The first-order valence-corrected chi connectivity index (χ1v) is 8.17. The van der Waals surface area contributed by atoms with Crippen molar-refractivity contribution in [3.63, 3.8) is 0 Å². The number of sulfone groups is 1. The Kier molecular flexibility index (Phi) is 4.54. The van der Waals surface area contributed by atoms with Gasteiger partial charge in [0.2, 0.25) is 0 Å². The van der Waals surface area contributed by atoms with Crippen LogP contribution in [0.2, 0.25) is 5.15 Å². The molecule has 0 aliphatic heterocycles. The maximum atomic E-state index is 11.4. The molecule has 1 aromatic carbocycles. The lowest BCUT2D eigenvalue weighted by Gasteiger charge is -2.08. The summed E-state index contributed by atoms with van der Waals surface area (Å²) in [4.78, 5) is 18.9. The lowest BCUT2D eigenvalue weighted by atomic mass is 10.2. The second-order valence-electron chi connectivity index (χ2n) is 4.31. The third-order valence-electron chi connectivity index (χ3n) is 2.76. The summed E-state index contributed by atoms with van der Waals surface area (Å²) in [5, 5.41) is 3.04. The number of hydrogen-bond donors (Lipinski definition) is 1. The molecule has 0 spiro atoms. The number of aldehydes is 1. The van der Waals surface area contributed by atoms with Crippen LogP contribution in [0.15, 0.2) is 35.5 Å². The van der Waals surface area contributed by atoms with Gasteiger partial charge in [0.05, 0.1) is 10.5 Å². The SMILES string of the molecule is CS(=O)(=O)c1ccc(CNc2ncnc(Cl)c2C=O)cc1. The second-order valence-corrected chi connectivity index (χ2v) is 6.69. The third-order valence-corrected chi connectivity index (χ3v) is 4.19. The summed E-state index contributed by atoms with van der Waals surface area (Å²) in [6, 6.07) is 6.43. The lowest BCUT2D eigenvalue weighted by Crippen LogP contribution is -2.06. The molecular weight excluding hydrogens is 314 g/mol. The lowest BCUT2D eigenvalue weighted by molar-refractivity contribution is 0.112. The quantitative estimate of drug-likeness (QED) is 0.667. The minimum Gasteiger partial charge on any atom is -0.365 e. The molecule has 1 aromatic heterocycles. The van der Waals surface area contributed by atoms with E-state index in [-0.39, 0.29) is 15.6 Å². The smallest absolute Gasteiger partial charge is 0.175 e. The van der Waals surface area contributed by atoms with E-state index in [0.29, 0.717) is 18.6 Å². The van der Waals surface area contributed by atoms with Crippen LogP contribution in [0.5, 0.6) is 0 Å². The number of carbonyl (C=O) groups is 1. The zero-order valence-electron chi connectivity index (χ0n) is 11.1. The van der Waals surface area contributed by atoms with Gasteiger partial charge in [0, 0.05) is 12.8 Å². The van der Waals surface area contributed by atoms with Gasteiger partial charge in [-0.05, 0) is 17.7 Å². The molecule has 0 fully saturated rings. The molecule has 0 aliphatic carbocycles. The Bertz CT molecular complexity index is 761. The van der Waals surface area contributed by atoms with Crippen LogP contribution in [0.1, 0.15) is 15.9 Å². The zero-order valence-corrected chi connectivity index (χ0v) is 12.6. The highest BCUT2D eigenvalue weighted by atomic mass is 35.5. The Morgan fingerprint density at radius 3 is 2.48 bits per heavy atom. The van der Waals surface area contributed by atoms with E-state index in [1.807, 2.05) is 0 Å². The predicted molar refractivity (Wildman–Crippen MR) is 79.3 cm³/mol. The molecule has 2 aromatic rings. The molecule has 0 saturated heterocycles. The predicted octanol–water partition coefficient (Wildman–Crippen LogP) is 1.96. The van der Waals surface area contributed by atoms with Crippen molar-refractivity contribution < 1.29 is 13.2 Å². The van der Waals surface area contributed by atoms with Crippen LogP contribution >= 0.6 is 11.6 Å². The number of rotatable bonds is 5. The van der Waals surface area contributed by atoms with E-state index in [1.54, 1.807) is 12.1 Å². The van der Waals surface area contributed by atoms with Crippen LogP contribution in [0, 0.1) is 0 Å². The van der Waals surface area contributed by atoms with E-state index < -0.39 is 9.84 Å². The standard InChI is InChI=1S/C13H12ClN3O3S/c1-21(19,20)10-4-2-9(3-5-10)6-15-13-11(7-18)12(14)16-8-17-13/h2-5,7-8H,6H2,1H3,(H,15,16,17). The Morgan fingerprint density at radius 1 is 1.24 bits per heavy atom. The first-order valence-electron chi connectivity index (χ1n) is 5.90. The highest BCUT2D eigenvalue weighted by molar-refractivity contribution is 7.90. The molecule has 1 N–H and O–H groups in total. The van der Waals surface area contributed by atoms with Gasteiger partial charge in [0.1, 0.15) is 17.3 Å². The summed E-state index contributed by atoms with van der Waals surface area (Å²) in [5.41, 5.74) is 1.03. The minimum absolute atomic E-state index is 0.0786. The number of nitrogens with zero attached hydrogens (tertiary/aromatic N) is 2. The molecule has 0 unspecified atom stereocenters. The molecule has 21 heavy (non-hydrogen) atoms. The molecular formula is C13H12ClN3O3S. The van der Waals surface area contributed by atoms with Crippen LogP contribution in [0.4, 0.5) is 5.82 Å². The van der Waals surface area contributed by atoms with Crippen LogP contribution < -0.4 is 5.32 Å². The minimum atomic E-state index is -3.21. The van der Waals surface area contributed by atoms with Crippen molar-refractivity contribution >= 4 is 33.5 Å². The number of nitrogens with one attached hydrogen (secondary N) is 1. The highest BCUT2D eigenvalue weighted by Gasteiger charge is 2.09. The van der Waals surface area contributed by atoms with Gasteiger partial charge >= 0.3 is 0 Å². The molecule has 0 atom stereocenters. The highest BCUT2D eigenvalue weighted by Crippen LogP contribution is 2.18. The fourth-order valence-corrected chi connectivity index (χ4v) is 2.47. The molecule has 110 valence electrons. The molecule has 0 saturated carbocycles. The topological polar surface area (TPSA) is 89.0 Å². The molecule has 0 amide bonds. The molecule has 0 bridgehead atoms. The van der Waals surface area contributed by atoms with Gasteiger partial charge in [-0.1, -0.05) is 23.7 Å². The van der Waals surface area contributed by atoms with Crippen molar-refractivity contribution in [3.8, 4) is 0 Å². The average Bonchev–Trinajstić information content (AvgIpc) is 2.44. The number of benzene rings is 1. The summed E-state index contributed by atoms with van der Waals surface area (Å²) in [6.07, 6.45) is 2.99. The van der Waals surface area contributed by atoms with E-state index in [2.05, 4.69) is 15.3 Å². The normalized spacial score (nSPS) is 11.1. The van der Waals surface area contributed by atoms with E-state index in [9.17, 15) is 13.2 Å². The van der Waals surface area contributed by atoms with Gasteiger partial charge in [-0.15, -0.1) is 0 Å². The van der Waals surface area contributed by atoms with Gasteiger partial charge in [-0.25, -0.2) is 18.4 Å². The monoisotopic (exact) mass is 325 g/mol. The Labute approximate surface area is 127 Å². The first-order chi connectivity index (χ1) is 9.91. The Balaban J connectivity index is 2.14. The molecule has 0 aliphatic rings. The van der Waals surface area contributed by atoms with Gasteiger partial charge < -0.3 is 5.32 Å². The van der Waals surface area contributed by atoms with E-state index in [4.69, 9.17) is 11.6 Å². The number of halogens is 1. The largest absolute Gasteiger partial charge is 0.365 e. The van der Waals surface area contributed by atoms with E-state index in [1.165, 1.54) is 18.5 Å². The van der Waals surface area contributed by atoms with Crippen LogP contribution in [-0.4, -0.2) is 30.9 Å². The first kappa shape index (κ1) is 15.4. The van der Waals surface area contributed by atoms with Gasteiger partial charge in [-0.2, -0.15) is 0 Å². The van der Waals surface area contributed by atoms with Crippen molar-refractivity contribution in [1.29, 1.82) is 0 Å². The average molecular weight is 326 g/mol. The van der Waals surface area contributed by atoms with Crippen molar-refractivity contribution in [1.82, 2.24) is 9.97 Å². The van der Waals surface area contributed by atoms with Crippen LogP contribution in [0.25, 0.3) is 0 Å². The van der Waals surface area contributed by atoms with Crippen LogP contribution in [-0.2, 0) is 16.4 Å². The van der Waals surface area contributed by atoms with Crippen molar-refractivity contribution in [2.45, 2.75) is 11.4 Å². The van der Waals surface area contributed by atoms with E-state index >= 15 is 0 Å². The maximum Gasteiger partial charge on any atom is 0.175 e. The van der Waals surface area contributed by atoms with Gasteiger partial charge in [0.25, 0.3) is 0 Å². The van der Waals surface area contributed by atoms with Gasteiger partial charge in [-0.3, -0.25) is 4.79 Å². The summed E-state index contributed by atoms with van der Waals surface area (Å²) in [6.45, 7) is 0.373. The molecule has 2 rings (SSSR count). The summed E-state index contributed by atoms with van der Waals surface area (Å²) in [7, 11) is -3.21. The summed E-state index contributed by atoms with van der Waals surface area (Å²) in [5.74, 6) is 0.331. The zero-order chi connectivity index (χ0) is 15.5. The fourth-order valence-electron chi connectivity index (χ4n) is 1.66. The molecule has 8 heteroatoms. The van der Waals surface area contributed by atoms with Crippen LogP contribution in [0.3, 0.4) is 0 Å². The van der Waals surface area contributed by atoms with Gasteiger partial charge in [0.15, 0.2) is 16.1 Å². The maximum absolute atomic E-state index is 11.4. The fraction of sp³-hybridized carbons (Fsp3) is 0.154. The van der Waals surface area contributed by atoms with Crippen molar-refractivity contribution in [2.75, 3.05) is 11.6 Å². The third kappa shape index (κ3) is 3.77. The van der Waals surface area contributed by atoms with Crippen molar-refractivity contribution in [2.24, 2.45) is 0 Å². The number of anilines is 1. The summed E-state index contributed by atoms with van der Waals surface area (Å²) >= 11 is 5.79. The Hall–Kier alpha value is -1.99. The number of hydrogen-bond acceptors (Lipinski definition) is 6. The van der Waals surface area contributed by atoms with Crippen molar-refractivity contribution in [3.05, 3.63) is 46.9 Å². The second kappa shape index (κ2) is 6.19. The molecule has 6 nitrogen and oxygen atoms in total. The van der Waals surface area contributed by atoms with E-state index in [0.717, 1.165) is 11.8 Å². The Morgan fingerprint density at radius 2 is 1.90 bits per heavy atom. The molecule has 1 heterocycles. The summed E-state index contributed by atoms with van der Waals surface area (Å²) < 4.78 is 22.7. The number of aromatic nitrogens is 2. The number of carbonyl (C=O) groups excluding carboxylic acids is 1. The molecule has 0 radical (unpaired) electrons.